The predicted molar refractivity (Wildman–Crippen MR) is 118 cm³/mol. The summed E-state index contributed by atoms with van der Waals surface area (Å²) in [7, 11) is 1.65. The van der Waals surface area contributed by atoms with Crippen LogP contribution in [0.4, 0.5) is 11.4 Å². The quantitative estimate of drug-likeness (QED) is 0.439. The molecule has 6 heteroatoms. The van der Waals surface area contributed by atoms with Gasteiger partial charge in [0, 0.05) is 56.7 Å². The van der Waals surface area contributed by atoms with Gasteiger partial charge in [-0.25, -0.2) is 0 Å². The monoisotopic (exact) mass is 381 g/mol. The molecule has 2 aromatic carbocycles. The molecule has 0 radical (unpaired) electrons. The maximum Gasteiger partial charge on any atom is 0.193 e. The van der Waals surface area contributed by atoms with Gasteiger partial charge in [-0.15, -0.1) is 0 Å². The standard InChI is InChI=1S/C22H31N5O/c1-18-6-3-8-20(16-18)27-14-12-26(13-15-27)11-5-10-24-22(23)25-19-7-4-9-21(17-19)28-2/h3-4,6-9,16-17H,5,10-15H2,1-2H3,(H3,23,24,25). The second kappa shape index (κ2) is 9.99. The van der Waals surface area contributed by atoms with E-state index in [4.69, 9.17) is 10.5 Å². The molecule has 0 amide bonds. The number of nitrogens with one attached hydrogen (secondary N) is 1. The van der Waals surface area contributed by atoms with Crippen LogP contribution in [-0.2, 0) is 0 Å². The number of anilines is 2. The molecule has 2 aromatic rings. The Kier molecular flexibility index (Phi) is 7.14. The summed E-state index contributed by atoms with van der Waals surface area (Å²) in [5, 5.41) is 3.11. The van der Waals surface area contributed by atoms with Crippen molar-refractivity contribution in [3.63, 3.8) is 0 Å². The first-order valence-corrected chi connectivity index (χ1v) is 9.89. The Balaban J connectivity index is 1.37. The summed E-state index contributed by atoms with van der Waals surface area (Å²) in [5.41, 5.74) is 9.52. The van der Waals surface area contributed by atoms with Gasteiger partial charge in [0.15, 0.2) is 5.96 Å². The molecule has 0 aromatic heterocycles. The molecule has 0 spiro atoms. The Labute approximate surface area is 168 Å². The number of methoxy groups -OCH3 is 1. The Bertz CT molecular complexity index is 784. The fourth-order valence-electron chi connectivity index (χ4n) is 3.44. The van der Waals surface area contributed by atoms with Gasteiger partial charge in [0.1, 0.15) is 5.75 Å². The molecule has 1 heterocycles. The van der Waals surface area contributed by atoms with Crippen molar-refractivity contribution in [2.24, 2.45) is 10.7 Å². The highest BCUT2D eigenvalue weighted by Gasteiger charge is 2.16. The number of guanidine groups is 1. The molecule has 3 rings (SSSR count). The SMILES string of the molecule is COc1cccc(NC(N)=NCCCN2CCN(c3cccc(C)c3)CC2)c1. The first-order valence-electron chi connectivity index (χ1n) is 9.89. The Morgan fingerprint density at radius 2 is 1.89 bits per heavy atom. The molecule has 1 fully saturated rings. The van der Waals surface area contributed by atoms with Crippen molar-refractivity contribution in [3.05, 3.63) is 54.1 Å². The van der Waals surface area contributed by atoms with Crippen molar-refractivity contribution in [2.45, 2.75) is 13.3 Å². The van der Waals surface area contributed by atoms with Crippen molar-refractivity contribution in [1.82, 2.24) is 4.90 Å². The average Bonchev–Trinajstić information content (AvgIpc) is 2.72. The van der Waals surface area contributed by atoms with E-state index >= 15 is 0 Å². The van der Waals surface area contributed by atoms with Gasteiger partial charge in [-0.05, 0) is 43.2 Å². The molecule has 1 saturated heterocycles. The number of aryl methyl sites for hydroxylation is 1. The topological polar surface area (TPSA) is 66.1 Å². The second-order valence-corrected chi connectivity index (χ2v) is 7.15. The number of benzene rings is 2. The Hall–Kier alpha value is -2.73. The summed E-state index contributed by atoms with van der Waals surface area (Å²) in [5.74, 6) is 1.24. The maximum absolute atomic E-state index is 5.99. The molecule has 1 aliphatic heterocycles. The largest absolute Gasteiger partial charge is 0.497 e. The minimum Gasteiger partial charge on any atom is -0.497 e. The molecule has 28 heavy (non-hydrogen) atoms. The highest BCUT2D eigenvalue weighted by molar-refractivity contribution is 5.92. The van der Waals surface area contributed by atoms with Crippen LogP contribution in [0.1, 0.15) is 12.0 Å². The number of ether oxygens (including phenoxy) is 1. The van der Waals surface area contributed by atoms with Crippen LogP contribution in [0, 0.1) is 6.92 Å². The number of rotatable bonds is 7. The molecule has 0 bridgehead atoms. The van der Waals surface area contributed by atoms with Crippen molar-refractivity contribution in [2.75, 3.05) is 56.6 Å². The lowest BCUT2D eigenvalue weighted by Crippen LogP contribution is -2.46. The lowest BCUT2D eigenvalue weighted by molar-refractivity contribution is 0.256. The van der Waals surface area contributed by atoms with E-state index in [9.17, 15) is 0 Å². The molecule has 0 saturated carbocycles. The van der Waals surface area contributed by atoms with Crippen molar-refractivity contribution in [1.29, 1.82) is 0 Å². The Morgan fingerprint density at radius 3 is 2.64 bits per heavy atom. The van der Waals surface area contributed by atoms with Gasteiger partial charge in [-0.2, -0.15) is 0 Å². The van der Waals surface area contributed by atoms with Gasteiger partial charge in [0.05, 0.1) is 7.11 Å². The summed E-state index contributed by atoms with van der Waals surface area (Å²) >= 11 is 0. The van der Waals surface area contributed by atoms with Crippen LogP contribution in [0.5, 0.6) is 5.75 Å². The van der Waals surface area contributed by atoms with E-state index in [1.165, 1.54) is 11.3 Å². The van der Waals surface area contributed by atoms with Crippen molar-refractivity contribution in [3.8, 4) is 5.75 Å². The molecule has 0 atom stereocenters. The molecule has 3 N–H and O–H groups in total. The minimum absolute atomic E-state index is 0.442. The zero-order valence-corrected chi connectivity index (χ0v) is 16.9. The van der Waals surface area contributed by atoms with E-state index in [1.807, 2.05) is 24.3 Å². The Morgan fingerprint density at radius 1 is 1.11 bits per heavy atom. The van der Waals surface area contributed by atoms with Gasteiger partial charge >= 0.3 is 0 Å². The van der Waals surface area contributed by atoms with Gasteiger partial charge in [-0.1, -0.05) is 18.2 Å². The molecular formula is C22H31N5O. The van der Waals surface area contributed by atoms with Gasteiger partial charge in [0.2, 0.25) is 0 Å². The minimum atomic E-state index is 0.442. The van der Waals surface area contributed by atoms with E-state index in [1.54, 1.807) is 7.11 Å². The average molecular weight is 382 g/mol. The van der Waals surface area contributed by atoms with E-state index in [0.717, 1.165) is 57.1 Å². The number of hydrogen-bond donors (Lipinski definition) is 2. The molecule has 1 aliphatic rings. The number of nitrogens with two attached hydrogens (primary N) is 1. The summed E-state index contributed by atoms with van der Waals surface area (Å²) in [6.45, 7) is 8.26. The third-order valence-electron chi connectivity index (χ3n) is 5.00. The summed E-state index contributed by atoms with van der Waals surface area (Å²) < 4.78 is 5.21. The number of nitrogens with zero attached hydrogens (tertiary/aromatic N) is 3. The number of hydrogen-bond acceptors (Lipinski definition) is 4. The third-order valence-corrected chi connectivity index (χ3v) is 5.00. The smallest absolute Gasteiger partial charge is 0.193 e. The third kappa shape index (κ3) is 5.89. The predicted octanol–water partition coefficient (Wildman–Crippen LogP) is 2.94. The van der Waals surface area contributed by atoms with Gasteiger partial charge in [-0.3, -0.25) is 9.89 Å². The zero-order valence-electron chi connectivity index (χ0n) is 16.9. The molecular weight excluding hydrogens is 350 g/mol. The van der Waals surface area contributed by atoms with E-state index in [2.05, 4.69) is 51.3 Å². The molecule has 150 valence electrons. The van der Waals surface area contributed by atoms with Crippen LogP contribution in [0.3, 0.4) is 0 Å². The summed E-state index contributed by atoms with van der Waals surface area (Å²) in [4.78, 5) is 9.41. The summed E-state index contributed by atoms with van der Waals surface area (Å²) in [6.07, 6.45) is 1.00. The van der Waals surface area contributed by atoms with Crippen LogP contribution < -0.4 is 20.7 Å². The van der Waals surface area contributed by atoms with Crippen LogP contribution in [0.15, 0.2) is 53.5 Å². The van der Waals surface area contributed by atoms with E-state index < -0.39 is 0 Å². The highest BCUT2D eigenvalue weighted by atomic mass is 16.5. The molecule has 0 unspecified atom stereocenters. The zero-order chi connectivity index (χ0) is 19.8. The molecule has 0 aliphatic carbocycles. The first-order chi connectivity index (χ1) is 13.6. The lowest BCUT2D eigenvalue weighted by atomic mass is 10.2. The van der Waals surface area contributed by atoms with E-state index in [0.29, 0.717) is 5.96 Å². The fraction of sp³-hybridized carbons (Fsp3) is 0.409. The van der Waals surface area contributed by atoms with Crippen LogP contribution in [-0.4, -0.2) is 57.2 Å². The summed E-state index contributed by atoms with van der Waals surface area (Å²) in [6, 6.07) is 16.4. The number of piperazine rings is 1. The van der Waals surface area contributed by atoms with E-state index in [-0.39, 0.29) is 0 Å². The normalized spacial score (nSPS) is 15.5. The maximum atomic E-state index is 5.99. The fourth-order valence-corrected chi connectivity index (χ4v) is 3.44. The van der Waals surface area contributed by atoms with Crippen LogP contribution in [0.2, 0.25) is 0 Å². The lowest BCUT2D eigenvalue weighted by Gasteiger charge is -2.36. The van der Waals surface area contributed by atoms with Crippen molar-refractivity contribution >= 4 is 17.3 Å². The van der Waals surface area contributed by atoms with Gasteiger partial charge in [0.25, 0.3) is 0 Å². The second-order valence-electron chi connectivity index (χ2n) is 7.15. The molecule has 6 nitrogen and oxygen atoms in total. The van der Waals surface area contributed by atoms with Crippen molar-refractivity contribution < 1.29 is 4.74 Å². The van der Waals surface area contributed by atoms with Gasteiger partial charge < -0.3 is 20.7 Å². The van der Waals surface area contributed by atoms with Crippen LogP contribution in [0.25, 0.3) is 0 Å². The van der Waals surface area contributed by atoms with Crippen LogP contribution >= 0.6 is 0 Å². The first kappa shape index (κ1) is 20.0. The highest BCUT2D eigenvalue weighted by Crippen LogP contribution is 2.18. The number of aliphatic imine (C=N–C) groups is 1.